The van der Waals surface area contributed by atoms with Crippen molar-refractivity contribution >= 4 is 11.1 Å². The van der Waals surface area contributed by atoms with Gasteiger partial charge in [-0.15, -0.1) is 0 Å². The third kappa shape index (κ3) is 2.68. The molecule has 1 N–H and O–H groups in total. The quantitative estimate of drug-likeness (QED) is 0.635. The van der Waals surface area contributed by atoms with Gasteiger partial charge in [-0.2, -0.15) is 0 Å². The number of aromatic hydroxyl groups is 1. The van der Waals surface area contributed by atoms with E-state index in [1.165, 1.54) is 0 Å². The van der Waals surface area contributed by atoms with Crippen molar-refractivity contribution in [2.45, 2.75) is 26.4 Å². The highest BCUT2D eigenvalue weighted by Gasteiger charge is 2.36. The molecule has 0 saturated heterocycles. The fourth-order valence-corrected chi connectivity index (χ4v) is 3.75. The van der Waals surface area contributed by atoms with Crippen molar-refractivity contribution in [3.05, 3.63) is 95.1 Å². The number of para-hydroxylation sites is 1. The molecule has 0 aromatic heterocycles. The first-order valence-corrected chi connectivity index (χ1v) is 8.86. The Hall–Kier alpha value is -3.00. The van der Waals surface area contributed by atoms with Gasteiger partial charge in [0.1, 0.15) is 17.1 Å². The summed E-state index contributed by atoms with van der Waals surface area (Å²) in [5.74, 6) is 1.12. The lowest BCUT2D eigenvalue weighted by atomic mass is 9.79. The number of hydrogen-bond donors (Lipinski definition) is 1. The van der Waals surface area contributed by atoms with E-state index >= 15 is 0 Å². The molecule has 3 aromatic carbocycles. The van der Waals surface area contributed by atoms with Crippen molar-refractivity contribution < 1.29 is 9.84 Å². The second-order valence-electron chi connectivity index (χ2n) is 7.25. The number of hydrogen-bond acceptors (Lipinski definition) is 2. The summed E-state index contributed by atoms with van der Waals surface area (Å²) >= 11 is 0. The number of phenolic OH excluding ortho intramolecular Hbond substituents is 1. The van der Waals surface area contributed by atoms with Crippen molar-refractivity contribution in [1.82, 2.24) is 0 Å². The lowest BCUT2D eigenvalue weighted by Gasteiger charge is -2.37. The van der Waals surface area contributed by atoms with E-state index < -0.39 is 5.60 Å². The van der Waals surface area contributed by atoms with Gasteiger partial charge in [-0.25, -0.2) is 0 Å². The number of ether oxygens (including phenoxy) is 1. The number of aryl methyl sites for hydroxylation is 1. The molecule has 2 heteroatoms. The molecular formula is C24H22O2. The summed E-state index contributed by atoms with van der Waals surface area (Å²) in [5, 5.41) is 10.7. The van der Waals surface area contributed by atoms with E-state index in [2.05, 4.69) is 32.0 Å². The first-order chi connectivity index (χ1) is 12.5. The van der Waals surface area contributed by atoms with E-state index in [1.807, 2.05) is 55.5 Å². The minimum absolute atomic E-state index is 0.284. The fraction of sp³-hybridized carbons (Fsp3) is 0.167. The van der Waals surface area contributed by atoms with Crippen LogP contribution in [-0.4, -0.2) is 10.7 Å². The molecule has 3 aromatic rings. The topological polar surface area (TPSA) is 29.5 Å². The molecule has 0 amide bonds. The van der Waals surface area contributed by atoms with Gasteiger partial charge < -0.3 is 9.84 Å². The minimum Gasteiger partial charge on any atom is -0.507 e. The number of phenols is 1. The summed E-state index contributed by atoms with van der Waals surface area (Å²) < 4.78 is 6.37. The molecule has 1 heterocycles. The highest BCUT2D eigenvalue weighted by atomic mass is 16.5. The predicted octanol–water partition coefficient (Wildman–Crippen LogP) is 5.83. The van der Waals surface area contributed by atoms with Crippen LogP contribution in [0.5, 0.6) is 11.5 Å². The molecule has 0 saturated carbocycles. The first-order valence-electron chi connectivity index (χ1n) is 8.86. The zero-order valence-electron chi connectivity index (χ0n) is 15.3. The zero-order valence-corrected chi connectivity index (χ0v) is 15.3. The Morgan fingerprint density at radius 3 is 2.27 bits per heavy atom. The van der Waals surface area contributed by atoms with Gasteiger partial charge in [0, 0.05) is 22.3 Å². The van der Waals surface area contributed by atoms with Gasteiger partial charge in [-0.1, -0.05) is 60.2 Å². The third-order valence-corrected chi connectivity index (χ3v) is 4.86. The maximum Gasteiger partial charge on any atom is 0.130 e. The van der Waals surface area contributed by atoms with Crippen LogP contribution in [0.4, 0.5) is 0 Å². The van der Waals surface area contributed by atoms with E-state index in [-0.39, 0.29) is 5.75 Å². The van der Waals surface area contributed by atoms with E-state index in [0.717, 1.165) is 39.1 Å². The van der Waals surface area contributed by atoms with Crippen molar-refractivity contribution in [1.29, 1.82) is 0 Å². The van der Waals surface area contributed by atoms with Crippen molar-refractivity contribution in [3.63, 3.8) is 0 Å². The Bertz CT molecular complexity index is 998. The smallest absolute Gasteiger partial charge is 0.130 e. The Morgan fingerprint density at radius 2 is 1.50 bits per heavy atom. The molecule has 0 fully saturated rings. The summed E-state index contributed by atoms with van der Waals surface area (Å²) in [6.07, 6.45) is 0. The molecule has 1 aliphatic heterocycles. The highest BCUT2D eigenvalue weighted by Crippen LogP contribution is 2.49. The van der Waals surface area contributed by atoms with Gasteiger partial charge >= 0.3 is 0 Å². The lowest BCUT2D eigenvalue weighted by molar-refractivity contribution is 0.169. The van der Waals surface area contributed by atoms with Gasteiger partial charge in [-0.05, 0) is 44.5 Å². The predicted molar refractivity (Wildman–Crippen MR) is 106 cm³/mol. The molecule has 0 atom stereocenters. The van der Waals surface area contributed by atoms with Crippen LogP contribution in [0.25, 0.3) is 11.1 Å². The van der Waals surface area contributed by atoms with Crippen LogP contribution < -0.4 is 4.74 Å². The molecule has 0 aliphatic carbocycles. The largest absolute Gasteiger partial charge is 0.507 e. The normalized spacial score (nSPS) is 15.3. The molecule has 0 unspecified atom stereocenters. The molecule has 2 nitrogen and oxygen atoms in total. The summed E-state index contributed by atoms with van der Waals surface area (Å²) in [5.41, 5.74) is 5.64. The molecule has 4 rings (SSSR count). The van der Waals surface area contributed by atoms with E-state index in [9.17, 15) is 5.11 Å². The third-order valence-electron chi connectivity index (χ3n) is 4.86. The summed E-state index contributed by atoms with van der Waals surface area (Å²) in [6.45, 7) is 6.21. The zero-order chi connectivity index (χ0) is 18.3. The molecule has 130 valence electrons. The van der Waals surface area contributed by atoms with Crippen molar-refractivity contribution in [2.24, 2.45) is 0 Å². The minimum atomic E-state index is -0.527. The summed E-state index contributed by atoms with van der Waals surface area (Å²) in [6, 6.07) is 24.1. The fourth-order valence-electron chi connectivity index (χ4n) is 3.75. The molecule has 1 aliphatic rings. The standard InChI is InChI=1S/C24H22O2/c1-16-13-14-20(25)19(15-16)22-18-11-7-8-12-21(18)26-24(2,3)23(22)17-9-5-4-6-10-17/h4-15,25H,1-3H3. The monoisotopic (exact) mass is 342 g/mol. The van der Waals surface area contributed by atoms with E-state index in [0.29, 0.717) is 0 Å². The number of rotatable bonds is 2. The average Bonchev–Trinajstić information content (AvgIpc) is 2.62. The lowest BCUT2D eigenvalue weighted by Crippen LogP contribution is -2.34. The Labute approximate surface area is 154 Å². The van der Waals surface area contributed by atoms with Crippen LogP contribution in [0.1, 0.15) is 36.1 Å². The highest BCUT2D eigenvalue weighted by molar-refractivity contribution is 6.04. The Kier molecular flexibility index (Phi) is 3.84. The number of benzene rings is 3. The van der Waals surface area contributed by atoms with Crippen LogP contribution in [0.3, 0.4) is 0 Å². The van der Waals surface area contributed by atoms with Crippen LogP contribution in [0.2, 0.25) is 0 Å². The van der Waals surface area contributed by atoms with Crippen LogP contribution in [-0.2, 0) is 0 Å². The van der Waals surface area contributed by atoms with Gasteiger partial charge in [0.25, 0.3) is 0 Å². The van der Waals surface area contributed by atoms with E-state index in [4.69, 9.17) is 4.74 Å². The molecule has 0 radical (unpaired) electrons. The van der Waals surface area contributed by atoms with Gasteiger partial charge in [0.15, 0.2) is 0 Å². The van der Waals surface area contributed by atoms with Gasteiger partial charge in [0.2, 0.25) is 0 Å². The number of fused-ring (bicyclic) bond motifs is 1. The van der Waals surface area contributed by atoms with Crippen molar-refractivity contribution in [2.75, 3.05) is 0 Å². The Morgan fingerprint density at radius 1 is 0.808 bits per heavy atom. The molecule has 0 spiro atoms. The van der Waals surface area contributed by atoms with Gasteiger partial charge in [0.05, 0.1) is 0 Å². The van der Waals surface area contributed by atoms with E-state index in [1.54, 1.807) is 6.07 Å². The van der Waals surface area contributed by atoms with Gasteiger partial charge in [-0.3, -0.25) is 0 Å². The first kappa shape index (κ1) is 16.5. The van der Waals surface area contributed by atoms with Crippen LogP contribution in [0.15, 0.2) is 72.8 Å². The van der Waals surface area contributed by atoms with Crippen LogP contribution >= 0.6 is 0 Å². The molecular weight excluding hydrogens is 320 g/mol. The maximum absolute atomic E-state index is 10.7. The van der Waals surface area contributed by atoms with Crippen LogP contribution in [0, 0.1) is 6.92 Å². The summed E-state index contributed by atoms with van der Waals surface area (Å²) in [4.78, 5) is 0. The molecule has 26 heavy (non-hydrogen) atoms. The molecule has 0 bridgehead atoms. The average molecular weight is 342 g/mol. The second-order valence-corrected chi connectivity index (χ2v) is 7.25. The van der Waals surface area contributed by atoms with Crippen molar-refractivity contribution in [3.8, 4) is 11.5 Å². The maximum atomic E-state index is 10.7. The SMILES string of the molecule is Cc1ccc(O)c(C2=C(c3ccccc3)C(C)(C)Oc3ccccc32)c1. The second kappa shape index (κ2) is 6.06. The summed E-state index contributed by atoms with van der Waals surface area (Å²) in [7, 11) is 0. The Balaban J connectivity index is 2.14.